The van der Waals surface area contributed by atoms with Crippen LogP contribution in [0.2, 0.25) is 0 Å². The summed E-state index contributed by atoms with van der Waals surface area (Å²) in [5.74, 6) is 2.30. The van der Waals surface area contributed by atoms with Crippen molar-refractivity contribution in [3.05, 3.63) is 29.0 Å². The third-order valence-corrected chi connectivity index (χ3v) is 4.25. The van der Waals surface area contributed by atoms with Gasteiger partial charge in [-0.25, -0.2) is 0 Å². The van der Waals surface area contributed by atoms with E-state index < -0.39 is 0 Å². The van der Waals surface area contributed by atoms with Crippen molar-refractivity contribution in [2.75, 3.05) is 18.8 Å². The molecule has 2 aromatic heterocycles. The Labute approximate surface area is 134 Å². The number of nitrogen functional groups attached to an aromatic ring is 1. The lowest BCUT2D eigenvalue weighted by atomic mass is 9.97. The molecule has 0 radical (unpaired) electrons. The van der Waals surface area contributed by atoms with Crippen LogP contribution in [0.25, 0.3) is 0 Å². The van der Waals surface area contributed by atoms with E-state index in [1.807, 2.05) is 31.7 Å². The minimum atomic E-state index is -0.00432. The molecule has 0 spiro atoms. The fraction of sp³-hybridized carbons (Fsp3) is 0.562. The lowest BCUT2D eigenvalue weighted by molar-refractivity contribution is 0.0696. The van der Waals surface area contributed by atoms with Gasteiger partial charge in [0.1, 0.15) is 11.5 Å². The van der Waals surface area contributed by atoms with Gasteiger partial charge < -0.3 is 19.5 Å². The molecule has 7 heteroatoms. The Morgan fingerprint density at radius 3 is 2.78 bits per heavy atom. The Bertz CT molecular complexity index is 704. The van der Waals surface area contributed by atoms with Gasteiger partial charge in [-0.15, -0.1) is 5.10 Å². The average Bonchev–Trinajstić information content (AvgIpc) is 3.13. The standard InChI is InChI=1S/C16H22N4O3/c1-9(2)13-7-12(10(3)22-13)15(21)20-6-4-5-11(8-20)14-18-19-16(17)23-14/h7,9,11H,4-6,8H2,1-3H3,(H2,17,19). The number of likely N-dealkylation sites (tertiary alicyclic amines) is 1. The van der Waals surface area contributed by atoms with Crippen molar-refractivity contribution in [1.29, 1.82) is 0 Å². The average molecular weight is 318 g/mol. The molecular formula is C16H22N4O3. The van der Waals surface area contributed by atoms with E-state index in [-0.39, 0.29) is 23.8 Å². The van der Waals surface area contributed by atoms with E-state index in [9.17, 15) is 4.79 Å². The normalized spacial score (nSPS) is 18.6. The van der Waals surface area contributed by atoms with Crippen molar-refractivity contribution >= 4 is 11.9 Å². The molecule has 0 aromatic carbocycles. The van der Waals surface area contributed by atoms with Crippen LogP contribution in [0.1, 0.15) is 66.3 Å². The van der Waals surface area contributed by atoms with Gasteiger partial charge in [0.2, 0.25) is 5.89 Å². The zero-order valence-corrected chi connectivity index (χ0v) is 13.7. The van der Waals surface area contributed by atoms with Gasteiger partial charge in [-0.2, -0.15) is 0 Å². The molecule has 3 heterocycles. The van der Waals surface area contributed by atoms with Gasteiger partial charge in [0.25, 0.3) is 5.91 Å². The first-order chi connectivity index (χ1) is 11.0. The molecule has 1 saturated heterocycles. The van der Waals surface area contributed by atoms with Crippen LogP contribution in [0, 0.1) is 6.92 Å². The summed E-state index contributed by atoms with van der Waals surface area (Å²) in [5.41, 5.74) is 6.13. The molecule has 1 aliphatic rings. The van der Waals surface area contributed by atoms with Crippen molar-refractivity contribution in [3.63, 3.8) is 0 Å². The SMILES string of the molecule is Cc1oc(C(C)C)cc1C(=O)N1CCCC(c2nnc(N)o2)C1. The monoisotopic (exact) mass is 318 g/mol. The zero-order valence-electron chi connectivity index (χ0n) is 13.7. The maximum Gasteiger partial charge on any atom is 0.312 e. The van der Waals surface area contributed by atoms with E-state index in [2.05, 4.69) is 10.2 Å². The number of carbonyl (C=O) groups is 1. The van der Waals surface area contributed by atoms with Gasteiger partial charge in [0.05, 0.1) is 11.5 Å². The summed E-state index contributed by atoms with van der Waals surface area (Å²) < 4.78 is 11.0. The van der Waals surface area contributed by atoms with Crippen LogP contribution in [-0.4, -0.2) is 34.1 Å². The topological polar surface area (TPSA) is 98.4 Å². The number of hydrogen-bond donors (Lipinski definition) is 1. The highest BCUT2D eigenvalue weighted by molar-refractivity contribution is 5.95. The molecule has 124 valence electrons. The van der Waals surface area contributed by atoms with Crippen molar-refractivity contribution in [2.24, 2.45) is 0 Å². The van der Waals surface area contributed by atoms with Crippen LogP contribution < -0.4 is 5.73 Å². The number of anilines is 1. The molecule has 1 amide bonds. The number of carbonyl (C=O) groups excluding carboxylic acids is 1. The third-order valence-electron chi connectivity index (χ3n) is 4.25. The minimum Gasteiger partial charge on any atom is -0.465 e. The lowest BCUT2D eigenvalue weighted by Crippen LogP contribution is -2.39. The zero-order chi connectivity index (χ0) is 16.6. The summed E-state index contributed by atoms with van der Waals surface area (Å²) in [6.07, 6.45) is 1.81. The van der Waals surface area contributed by atoms with Gasteiger partial charge >= 0.3 is 6.01 Å². The Morgan fingerprint density at radius 2 is 2.17 bits per heavy atom. The van der Waals surface area contributed by atoms with Gasteiger partial charge in [-0.3, -0.25) is 4.79 Å². The van der Waals surface area contributed by atoms with Crippen LogP contribution in [-0.2, 0) is 0 Å². The number of aryl methyl sites for hydroxylation is 1. The highest BCUT2D eigenvalue weighted by Crippen LogP contribution is 2.29. The molecule has 23 heavy (non-hydrogen) atoms. The second-order valence-corrected chi connectivity index (χ2v) is 6.34. The molecule has 2 aromatic rings. The largest absolute Gasteiger partial charge is 0.465 e. The smallest absolute Gasteiger partial charge is 0.312 e. The highest BCUT2D eigenvalue weighted by atomic mass is 16.4. The summed E-state index contributed by atoms with van der Waals surface area (Å²) in [6.45, 7) is 7.20. The fourth-order valence-electron chi connectivity index (χ4n) is 2.95. The molecule has 0 aliphatic carbocycles. The molecule has 3 rings (SSSR count). The maximum atomic E-state index is 12.8. The Hall–Kier alpha value is -2.31. The van der Waals surface area contributed by atoms with Gasteiger partial charge in [0, 0.05) is 19.0 Å². The predicted octanol–water partition coefficient (Wildman–Crippen LogP) is 2.70. The van der Waals surface area contributed by atoms with Crippen LogP contribution in [0.4, 0.5) is 6.01 Å². The summed E-state index contributed by atoms with van der Waals surface area (Å²) in [4.78, 5) is 14.6. The number of piperidine rings is 1. The molecule has 0 saturated carbocycles. The molecule has 0 bridgehead atoms. The molecule has 1 atom stereocenters. The van der Waals surface area contributed by atoms with Gasteiger partial charge in [-0.1, -0.05) is 18.9 Å². The first-order valence-electron chi connectivity index (χ1n) is 7.94. The number of rotatable bonds is 3. The van der Waals surface area contributed by atoms with E-state index in [0.29, 0.717) is 23.8 Å². The summed E-state index contributed by atoms with van der Waals surface area (Å²) in [7, 11) is 0. The first kappa shape index (κ1) is 15.6. The van der Waals surface area contributed by atoms with Crippen molar-refractivity contribution in [3.8, 4) is 0 Å². The summed E-state index contributed by atoms with van der Waals surface area (Å²) >= 11 is 0. The minimum absolute atomic E-state index is 0.00432. The van der Waals surface area contributed by atoms with E-state index >= 15 is 0 Å². The van der Waals surface area contributed by atoms with Crippen LogP contribution >= 0.6 is 0 Å². The third kappa shape index (κ3) is 3.09. The Balaban J connectivity index is 1.77. The first-order valence-corrected chi connectivity index (χ1v) is 7.94. The Morgan fingerprint density at radius 1 is 1.39 bits per heavy atom. The number of nitrogens with zero attached hydrogens (tertiary/aromatic N) is 3. The second kappa shape index (κ2) is 6.06. The number of furan rings is 1. The highest BCUT2D eigenvalue weighted by Gasteiger charge is 2.30. The van der Waals surface area contributed by atoms with E-state index in [0.717, 1.165) is 25.1 Å². The van der Waals surface area contributed by atoms with E-state index in [1.54, 1.807) is 0 Å². The second-order valence-electron chi connectivity index (χ2n) is 6.34. The lowest BCUT2D eigenvalue weighted by Gasteiger charge is -2.30. The molecule has 2 N–H and O–H groups in total. The molecule has 1 aliphatic heterocycles. The number of hydrogen-bond acceptors (Lipinski definition) is 6. The van der Waals surface area contributed by atoms with Crippen molar-refractivity contribution in [1.82, 2.24) is 15.1 Å². The quantitative estimate of drug-likeness (QED) is 0.934. The van der Waals surface area contributed by atoms with Crippen LogP contribution in [0.15, 0.2) is 14.9 Å². The maximum absolute atomic E-state index is 12.8. The molecular weight excluding hydrogens is 296 g/mol. The predicted molar refractivity (Wildman–Crippen MR) is 84.1 cm³/mol. The Kier molecular flexibility index (Phi) is 4.11. The number of nitrogens with two attached hydrogens (primary N) is 1. The molecule has 1 unspecified atom stereocenters. The summed E-state index contributed by atoms with van der Waals surface area (Å²) in [5, 5.41) is 7.65. The van der Waals surface area contributed by atoms with Crippen molar-refractivity contribution in [2.45, 2.75) is 45.4 Å². The van der Waals surface area contributed by atoms with Gasteiger partial charge in [0.15, 0.2) is 0 Å². The summed E-state index contributed by atoms with van der Waals surface area (Å²) in [6, 6.07) is 1.92. The van der Waals surface area contributed by atoms with Crippen LogP contribution in [0.3, 0.4) is 0 Å². The van der Waals surface area contributed by atoms with Crippen LogP contribution in [0.5, 0.6) is 0 Å². The molecule has 1 fully saturated rings. The van der Waals surface area contributed by atoms with E-state index in [4.69, 9.17) is 14.6 Å². The number of amides is 1. The van der Waals surface area contributed by atoms with Gasteiger partial charge in [-0.05, 0) is 25.8 Å². The fourth-order valence-corrected chi connectivity index (χ4v) is 2.95. The van der Waals surface area contributed by atoms with E-state index in [1.165, 1.54) is 0 Å². The number of aromatic nitrogens is 2. The molecule has 7 nitrogen and oxygen atoms in total. The van der Waals surface area contributed by atoms with Crippen molar-refractivity contribution < 1.29 is 13.6 Å².